The van der Waals surface area contributed by atoms with Crippen LogP contribution in [0.3, 0.4) is 0 Å². The Morgan fingerprint density at radius 3 is 0.759 bits per heavy atom. The lowest BCUT2D eigenvalue weighted by Crippen LogP contribution is -2.75. The largest absolute Gasteiger partial charge is 0.394 e. The predicted octanol–water partition coefficient (Wildman–Crippen LogP) is -2.87. The van der Waals surface area contributed by atoms with E-state index in [1.54, 1.807) is 13.1 Å². The van der Waals surface area contributed by atoms with Gasteiger partial charge in [0.1, 0.15) is 0 Å². The van der Waals surface area contributed by atoms with Crippen LogP contribution in [0.5, 0.6) is 0 Å². The van der Waals surface area contributed by atoms with Gasteiger partial charge >= 0.3 is 0 Å². The van der Waals surface area contributed by atoms with E-state index >= 15 is 0 Å². The van der Waals surface area contributed by atoms with Crippen molar-refractivity contribution in [2.75, 3.05) is 79.3 Å². The molecule has 6 N–H and O–H groups in total. The standard InChI is InChI=1S/C16H36O12Si/c1-29(2,15(23-9-3-17,24-10-4-18)25-11-5-19)16(26-12-6-20,27-13-7-21)28-14-8-22/h17-22H,3-14H2,1-2H3. The zero-order valence-electron chi connectivity index (χ0n) is 17.1. The molecule has 0 aromatic rings. The van der Waals surface area contributed by atoms with Gasteiger partial charge in [-0.1, -0.05) is 13.1 Å². The van der Waals surface area contributed by atoms with Crippen LogP contribution in [0.15, 0.2) is 0 Å². The van der Waals surface area contributed by atoms with Gasteiger partial charge in [-0.15, -0.1) is 0 Å². The molecule has 12 nitrogen and oxygen atoms in total. The molecule has 0 saturated heterocycles. The van der Waals surface area contributed by atoms with Gasteiger partial charge in [0, 0.05) is 0 Å². The molecule has 0 atom stereocenters. The highest BCUT2D eigenvalue weighted by Crippen LogP contribution is 2.40. The summed E-state index contributed by atoms with van der Waals surface area (Å²) in [6.45, 7) is -0.295. The number of aliphatic hydroxyl groups is 6. The smallest absolute Gasteiger partial charge is 0.265 e. The average molecular weight is 449 g/mol. The van der Waals surface area contributed by atoms with E-state index in [-0.39, 0.29) is 79.3 Å². The van der Waals surface area contributed by atoms with Gasteiger partial charge in [0.15, 0.2) is 0 Å². The first-order valence-electron chi connectivity index (χ1n) is 9.35. The highest BCUT2D eigenvalue weighted by molar-refractivity contribution is 6.81. The van der Waals surface area contributed by atoms with E-state index in [2.05, 4.69) is 0 Å². The van der Waals surface area contributed by atoms with Crippen molar-refractivity contribution >= 4 is 8.07 Å². The quantitative estimate of drug-likeness (QED) is 0.0830. The highest BCUT2D eigenvalue weighted by Gasteiger charge is 2.67. The molecular formula is C16H36O12Si. The number of aliphatic hydroxyl groups excluding tert-OH is 6. The van der Waals surface area contributed by atoms with Gasteiger partial charge in [-0.2, -0.15) is 0 Å². The van der Waals surface area contributed by atoms with Crippen LogP contribution in [-0.4, -0.2) is 129 Å². The Hall–Kier alpha value is -0.263. The summed E-state index contributed by atoms with van der Waals surface area (Å²) < 4.78 is 34.3. The Morgan fingerprint density at radius 1 is 0.448 bits per heavy atom. The van der Waals surface area contributed by atoms with Gasteiger partial charge in [0.2, 0.25) is 0 Å². The second-order valence-corrected chi connectivity index (χ2v) is 10.6. The van der Waals surface area contributed by atoms with Crippen LogP contribution < -0.4 is 0 Å². The third-order valence-electron chi connectivity index (χ3n) is 3.83. The third kappa shape index (κ3) is 8.06. The SMILES string of the molecule is C[Si](C)(C(OCCO)(OCCO)OCCO)C(OCCO)(OCCO)OCCO. The topological polar surface area (TPSA) is 177 Å². The molecular weight excluding hydrogens is 412 g/mol. The van der Waals surface area contributed by atoms with Gasteiger partial charge in [-0.3, -0.25) is 0 Å². The van der Waals surface area contributed by atoms with Crippen molar-refractivity contribution in [3.8, 4) is 0 Å². The van der Waals surface area contributed by atoms with Crippen LogP contribution in [0.4, 0.5) is 0 Å². The van der Waals surface area contributed by atoms with Crippen molar-refractivity contribution in [2.45, 2.75) is 24.3 Å². The maximum atomic E-state index is 9.26. The molecule has 0 aliphatic rings. The Morgan fingerprint density at radius 2 is 0.621 bits per heavy atom. The fourth-order valence-electron chi connectivity index (χ4n) is 2.60. The average Bonchev–Trinajstić information content (AvgIpc) is 2.72. The Labute approximate surface area is 171 Å². The van der Waals surface area contributed by atoms with Crippen molar-refractivity contribution in [3.63, 3.8) is 0 Å². The monoisotopic (exact) mass is 448 g/mol. The Kier molecular flexibility index (Phi) is 15.4. The zero-order valence-corrected chi connectivity index (χ0v) is 18.1. The van der Waals surface area contributed by atoms with Crippen LogP contribution in [0, 0.1) is 0 Å². The maximum Gasteiger partial charge on any atom is 0.265 e. The van der Waals surface area contributed by atoms with Crippen molar-refractivity contribution < 1.29 is 59.1 Å². The van der Waals surface area contributed by atoms with E-state index in [1.807, 2.05) is 0 Å². The summed E-state index contributed by atoms with van der Waals surface area (Å²) in [4.78, 5) is 0. The first-order valence-corrected chi connectivity index (χ1v) is 12.4. The molecule has 0 bridgehead atoms. The van der Waals surface area contributed by atoms with E-state index in [1.165, 1.54) is 0 Å². The van der Waals surface area contributed by atoms with Crippen molar-refractivity contribution in [1.82, 2.24) is 0 Å². The summed E-state index contributed by atoms with van der Waals surface area (Å²) in [6.07, 6.45) is 0. The Balaban J connectivity index is 6.33. The number of hydrogen-bond donors (Lipinski definition) is 6. The lowest BCUT2D eigenvalue weighted by atomic mass is 10.7. The van der Waals surface area contributed by atoms with Gasteiger partial charge in [0.05, 0.1) is 79.3 Å². The lowest BCUT2D eigenvalue weighted by Gasteiger charge is -2.51. The molecule has 0 aliphatic heterocycles. The highest BCUT2D eigenvalue weighted by atomic mass is 28.3. The number of hydrogen-bond acceptors (Lipinski definition) is 12. The molecule has 0 aliphatic carbocycles. The zero-order chi connectivity index (χ0) is 22.2. The van der Waals surface area contributed by atoms with Crippen LogP contribution in [0.25, 0.3) is 0 Å². The molecule has 0 saturated carbocycles. The molecule has 0 rings (SSSR count). The van der Waals surface area contributed by atoms with E-state index in [4.69, 9.17) is 28.4 Å². The van der Waals surface area contributed by atoms with Crippen LogP contribution in [-0.2, 0) is 28.4 Å². The minimum absolute atomic E-state index is 0.219. The minimum Gasteiger partial charge on any atom is -0.394 e. The molecule has 0 heterocycles. The molecule has 0 unspecified atom stereocenters. The maximum absolute atomic E-state index is 9.26. The predicted molar refractivity (Wildman–Crippen MR) is 101 cm³/mol. The normalized spacial score (nSPS) is 13.2. The fraction of sp³-hybridized carbons (Fsp3) is 1.00. The molecule has 0 spiro atoms. The van der Waals surface area contributed by atoms with Gasteiger partial charge in [0.25, 0.3) is 19.3 Å². The summed E-state index contributed by atoms with van der Waals surface area (Å²) in [5, 5.41) is 55.6. The molecule has 0 amide bonds. The third-order valence-corrected chi connectivity index (χ3v) is 7.76. The van der Waals surface area contributed by atoms with E-state index < -0.39 is 19.3 Å². The summed E-state index contributed by atoms with van der Waals surface area (Å²) >= 11 is 0. The number of rotatable bonds is 20. The molecule has 0 aromatic carbocycles. The second-order valence-electron chi connectivity index (χ2n) is 6.17. The fourth-order valence-corrected chi connectivity index (χ4v) is 5.75. The van der Waals surface area contributed by atoms with Gasteiger partial charge < -0.3 is 59.1 Å². The molecule has 13 heteroatoms. The van der Waals surface area contributed by atoms with Gasteiger partial charge in [-0.05, 0) is 0 Å². The second kappa shape index (κ2) is 15.5. The minimum atomic E-state index is -3.49. The summed E-state index contributed by atoms with van der Waals surface area (Å²) in [5.74, 6) is 0. The van der Waals surface area contributed by atoms with Crippen LogP contribution in [0.2, 0.25) is 13.1 Å². The number of ether oxygens (including phenoxy) is 6. The first-order chi connectivity index (χ1) is 13.9. The van der Waals surface area contributed by atoms with Crippen LogP contribution >= 0.6 is 0 Å². The Bertz CT molecular complexity index is 321. The van der Waals surface area contributed by atoms with E-state index in [0.29, 0.717) is 0 Å². The summed E-state index contributed by atoms with van der Waals surface area (Å²) in [7, 11) is -3.49. The van der Waals surface area contributed by atoms with Crippen molar-refractivity contribution in [3.05, 3.63) is 0 Å². The first kappa shape index (κ1) is 28.7. The lowest BCUT2D eigenvalue weighted by molar-refractivity contribution is -0.377. The van der Waals surface area contributed by atoms with E-state index in [9.17, 15) is 30.6 Å². The molecule has 176 valence electrons. The molecule has 0 fully saturated rings. The van der Waals surface area contributed by atoms with Crippen molar-refractivity contribution in [1.29, 1.82) is 0 Å². The summed E-state index contributed by atoms with van der Waals surface area (Å²) in [6, 6.07) is 0. The van der Waals surface area contributed by atoms with Crippen LogP contribution in [0.1, 0.15) is 0 Å². The van der Waals surface area contributed by atoms with Crippen molar-refractivity contribution in [2.24, 2.45) is 0 Å². The molecule has 29 heavy (non-hydrogen) atoms. The molecule has 0 aromatic heterocycles. The van der Waals surface area contributed by atoms with Gasteiger partial charge in [-0.25, -0.2) is 0 Å². The summed E-state index contributed by atoms with van der Waals surface area (Å²) in [5.41, 5.74) is -3.86. The van der Waals surface area contributed by atoms with E-state index in [0.717, 1.165) is 0 Å². The molecule has 0 radical (unpaired) electrons.